The number of nitrogens with two attached hydrogens (primary N) is 1. The molecule has 0 saturated heterocycles. The van der Waals surface area contributed by atoms with Crippen molar-refractivity contribution in [1.82, 2.24) is 16.0 Å². The minimum atomic E-state index is -1.72. The average molecular weight is 849 g/mol. The number of ether oxygens (including phenoxy) is 12. The van der Waals surface area contributed by atoms with Crippen molar-refractivity contribution in [1.29, 1.82) is 0 Å². The lowest BCUT2D eigenvalue weighted by Crippen LogP contribution is -2.52. The van der Waals surface area contributed by atoms with Gasteiger partial charge in [0.25, 0.3) is 5.91 Å². The first-order chi connectivity index (χ1) is 27.9. The van der Waals surface area contributed by atoms with Gasteiger partial charge in [-0.3, -0.25) is 14.4 Å². The fourth-order valence-corrected chi connectivity index (χ4v) is 4.04. The van der Waals surface area contributed by atoms with E-state index in [-0.39, 0.29) is 38.4 Å². The number of hydrogen-bond acceptors (Lipinski definition) is 18. The Hall–Kier alpha value is -2.29. The van der Waals surface area contributed by atoms with E-state index in [9.17, 15) is 19.2 Å². The lowest BCUT2D eigenvalue weighted by Gasteiger charge is -2.14. The molecule has 1 unspecified atom stereocenters. The van der Waals surface area contributed by atoms with Gasteiger partial charge in [0.2, 0.25) is 17.9 Å². The Bertz CT molecular complexity index is 948. The molecule has 1 atom stereocenters. The number of carboxylic acid groups (broad SMARTS) is 1. The summed E-state index contributed by atoms with van der Waals surface area (Å²) < 4.78 is 65.0. The van der Waals surface area contributed by atoms with Crippen LogP contribution in [0.5, 0.6) is 0 Å². The number of amides is 3. The second-order valence-corrected chi connectivity index (χ2v) is 11.8. The molecule has 0 radical (unpaired) electrons. The van der Waals surface area contributed by atoms with Crippen LogP contribution >= 0.6 is 12.6 Å². The van der Waals surface area contributed by atoms with Gasteiger partial charge in [-0.05, 0) is 0 Å². The Morgan fingerprint density at radius 3 is 1.05 bits per heavy atom. The third-order valence-corrected chi connectivity index (χ3v) is 6.95. The van der Waals surface area contributed by atoms with E-state index in [4.69, 9.17) is 67.7 Å². The van der Waals surface area contributed by atoms with E-state index in [0.29, 0.717) is 164 Å². The van der Waals surface area contributed by atoms with Gasteiger partial charge in [-0.1, -0.05) is 0 Å². The largest absolute Gasteiger partial charge is 0.479 e. The average Bonchev–Trinajstić information content (AvgIpc) is 3.20. The van der Waals surface area contributed by atoms with Crippen LogP contribution in [-0.4, -0.2) is 219 Å². The lowest BCUT2D eigenvalue weighted by molar-refractivity contribution is -0.146. The minimum absolute atomic E-state index is 0.0219. The van der Waals surface area contributed by atoms with Crippen LogP contribution in [0.4, 0.5) is 0 Å². The fourth-order valence-electron chi connectivity index (χ4n) is 3.93. The molecule has 0 aliphatic heterocycles. The fraction of sp³-hybridized carbons (Fsp3) is 0.886. The van der Waals surface area contributed by atoms with E-state index in [1.165, 1.54) is 0 Å². The third kappa shape index (κ3) is 41.7. The molecular weight excluding hydrogens is 780 g/mol. The molecule has 6 N–H and O–H groups in total. The Balaban J connectivity index is 3.29. The topological polar surface area (TPSA) is 261 Å². The lowest BCUT2D eigenvalue weighted by atomic mass is 10.2. The Labute approximate surface area is 341 Å². The van der Waals surface area contributed by atoms with Crippen molar-refractivity contribution in [2.45, 2.75) is 18.9 Å². The van der Waals surface area contributed by atoms with E-state index >= 15 is 0 Å². The van der Waals surface area contributed by atoms with Crippen molar-refractivity contribution in [3.63, 3.8) is 0 Å². The zero-order valence-electron chi connectivity index (χ0n) is 33.3. The highest BCUT2D eigenvalue weighted by molar-refractivity contribution is 7.80. The summed E-state index contributed by atoms with van der Waals surface area (Å²) in [5.74, 6) is -3.04. The number of carbonyl (C=O) groups is 4. The molecule has 0 aromatic rings. The van der Waals surface area contributed by atoms with Gasteiger partial charge in [-0.15, -0.1) is 0 Å². The molecule has 21 nitrogen and oxygen atoms in total. The van der Waals surface area contributed by atoms with Gasteiger partial charge in [0.15, 0.2) is 0 Å². The molecule has 336 valence electrons. The number of hydrogen-bond donors (Lipinski definition) is 6. The van der Waals surface area contributed by atoms with Gasteiger partial charge in [0.1, 0.15) is 0 Å². The summed E-state index contributed by atoms with van der Waals surface area (Å²) >= 11 is 3.92. The van der Waals surface area contributed by atoms with Crippen LogP contribution in [0.25, 0.3) is 0 Å². The van der Waals surface area contributed by atoms with Gasteiger partial charge in [-0.2, -0.15) is 12.6 Å². The van der Waals surface area contributed by atoms with E-state index in [2.05, 4.69) is 28.6 Å². The number of rotatable bonds is 46. The predicted octanol–water partition coefficient (Wildman–Crippen LogP) is -2.34. The van der Waals surface area contributed by atoms with Crippen LogP contribution in [0.15, 0.2) is 0 Å². The first-order valence-corrected chi connectivity index (χ1v) is 19.9. The van der Waals surface area contributed by atoms with Crippen molar-refractivity contribution in [3.8, 4) is 0 Å². The number of carboxylic acids is 1. The Morgan fingerprint density at radius 2 is 0.754 bits per heavy atom. The molecule has 57 heavy (non-hydrogen) atoms. The van der Waals surface area contributed by atoms with Crippen LogP contribution in [0, 0.1) is 0 Å². The van der Waals surface area contributed by atoms with Gasteiger partial charge in [-0.25, -0.2) is 4.79 Å². The van der Waals surface area contributed by atoms with E-state index in [1.807, 2.05) is 0 Å². The summed E-state index contributed by atoms with van der Waals surface area (Å²) in [6.45, 7) is 11.4. The maximum Gasteiger partial charge on any atom is 0.336 e. The first kappa shape index (κ1) is 54.7. The molecular formula is C35H68N4O17S. The second-order valence-electron chi connectivity index (χ2n) is 11.3. The zero-order valence-corrected chi connectivity index (χ0v) is 34.2. The number of carbonyl (C=O) groups excluding carboxylic acids is 3. The maximum atomic E-state index is 11.9. The maximum absolute atomic E-state index is 11.9. The summed E-state index contributed by atoms with van der Waals surface area (Å²) in [5, 5.41) is 16.1. The molecule has 0 bridgehead atoms. The number of nitrogens with one attached hydrogen (secondary N) is 3. The number of thiol groups is 1. The van der Waals surface area contributed by atoms with Crippen LogP contribution < -0.4 is 21.7 Å². The summed E-state index contributed by atoms with van der Waals surface area (Å²) in [5.41, 5.74) is 5.33. The third-order valence-electron chi connectivity index (χ3n) is 6.73. The molecule has 0 fully saturated rings. The highest BCUT2D eigenvalue weighted by Crippen LogP contribution is 1.91. The van der Waals surface area contributed by atoms with Crippen molar-refractivity contribution in [2.75, 3.05) is 184 Å². The molecule has 0 aromatic carbocycles. The van der Waals surface area contributed by atoms with Crippen molar-refractivity contribution < 1.29 is 81.1 Å². The molecule has 3 amide bonds. The smallest absolute Gasteiger partial charge is 0.336 e. The van der Waals surface area contributed by atoms with Gasteiger partial charge in [0, 0.05) is 38.2 Å². The van der Waals surface area contributed by atoms with Crippen molar-refractivity contribution in [2.24, 2.45) is 5.73 Å². The summed E-state index contributed by atoms with van der Waals surface area (Å²) in [6, 6.07) is -1.72. The molecule has 0 spiro atoms. The standard InChI is InChI=1S/C35H68N4O17S/c36-3-7-46-9-11-48-13-15-50-17-19-52-21-23-54-25-27-56-29-28-55-26-24-53-22-20-51-18-16-49-14-12-47-10-8-45-6-2-31(40)37-4-1-32(41)39-33(35(43)44)34(42)38-5-30-57/h33,57H,1-30,36H2,(H,37,40)(H,38,42)(H,39,41)(H,43,44). The Morgan fingerprint density at radius 1 is 0.439 bits per heavy atom. The molecule has 0 rings (SSSR count). The number of aliphatic carboxylic acids is 1. The van der Waals surface area contributed by atoms with Crippen molar-refractivity contribution in [3.05, 3.63) is 0 Å². The van der Waals surface area contributed by atoms with Crippen LogP contribution in [0.2, 0.25) is 0 Å². The van der Waals surface area contributed by atoms with E-state index in [0.717, 1.165) is 0 Å². The van der Waals surface area contributed by atoms with Gasteiger partial charge < -0.3 is 83.6 Å². The van der Waals surface area contributed by atoms with E-state index < -0.39 is 23.8 Å². The molecule has 0 saturated carbocycles. The minimum Gasteiger partial charge on any atom is -0.479 e. The van der Waals surface area contributed by atoms with Crippen LogP contribution in [0.1, 0.15) is 12.8 Å². The molecule has 0 aromatic heterocycles. The van der Waals surface area contributed by atoms with Gasteiger partial charge in [0.05, 0.1) is 159 Å². The molecule has 0 aliphatic rings. The highest BCUT2D eigenvalue weighted by Gasteiger charge is 2.27. The molecule has 0 aliphatic carbocycles. The van der Waals surface area contributed by atoms with Gasteiger partial charge >= 0.3 is 5.97 Å². The summed E-state index contributed by atoms with van der Waals surface area (Å²) in [6.07, 6.45) is -0.119. The first-order valence-electron chi connectivity index (χ1n) is 19.2. The normalized spacial score (nSPS) is 11.8. The summed E-state index contributed by atoms with van der Waals surface area (Å²) in [7, 11) is 0. The molecule has 0 heterocycles. The highest BCUT2D eigenvalue weighted by atomic mass is 32.1. The summed E-state index contributed by atoms with van der Waals surface area (Å²) in [4.78, 5) is 46.9. The zero-order chi connectivity index (χ0) is 41.7. The van der Waals surface area contributed by atoms with Crippen molar-refractivity contribution >= 4 is 36.3 Å². The van der Waals surface area contributed by atoms with Crippen LogP contribution in [-0.2, 0) is 76.0 Å². The SMILES string of the molecule is NCCOCCOCCOCCOCCOCCOCCOCCOCCOCCOCCOCCOCCC(=O)NCCC(=O)NC(C(=O)O)C(=O)NCCS. The van der Waals surface area contributed by atoms with E-state index in [1.54, 1.807) is 0 Å². The predicted molar refractivity (Wildman–Crippen MR) is 208 cm³/mol. The second kappa shape index (κ2) is 44.8. The monoisotopic (exact) mass is 848 g/mol. The molecule has 22 heteroatoms. The van der Waals surface area contributed by atoms with Crippen LogP contribution in [0.3, 0.4) is 0 Å². The Kier molecular flexibility index (Phi) is 43.0. The quantitative estimate of drug-likeness (QED) is 0.0213.